The summed E-state index contributed by atoms with van der Waals surface area (Å²) in [6.07, 6.45) is 1.39. The number of nitrogens with zero attached hydrogens (tertiary/aromatic N) is 1. The van der Waals surface area contributed by atoms with Crippen molar-refractivity contribution in [1.29, 1.82) is 0 Å². The average molecular weight is 330 g/mol. The number of carbonyl (C=O) groups excluding carboxylic acids is 1. The largest absolute Gasteiger partial charge is 0.481 e. The molecular weight excluding hydrogens is 317 g/mol. The Hall–Kier alpha value is -1.43. The van der Waals surface area contributed by atoms with E-state index in [4.69, 9.17) is 5.11 Å². The fourth-order valence-electron chi connectivity index (χ4n) is 2.31. The zero-order valence-electron chi connectivity index (χ0n) is 10.1. The first-order valence-electron chi connectivity index (χ1n) is 5.97. The molecule has 1 amide bonds. The van der Waals surface area contributed by atoms with Crippen LogP contribution in [0.15, 0.2) is 22.7 Å². The van der Waals surface area contributed by atoms with Gasteiger partial charge in [0.1, 0.15) is 5.82 Å². The van der Waals surface area contributed by atoms with Crippen LogP contribution in [0.25, 0.3) is 0 Å². The van der Waals surface area contributed by atoms with Crippen LogP contribution in [0.2, 0.25) is 0 Å². The van der Waals surface area contributed by atoms with Crippen molar-refractivity contribution in [3.05, 3.63) is 34.1 Å². The summed E-state index contributed by atoms with van der Waals surface area (Å²) in [7, 11) is 0. The fraction of sp³-hybridized carbons (Fsp3) is 0.385. The summed E-state index contributed by atoms with van der Waals surface area (Å²) in [6.45, 7) is 0.522. The Balaban J connectivity index is 2.18. The van der Waals surface area contributed by atoms with Crippen LogP contribution in [-0.4, -0.2) is 34.5 Å². The zero-order chi connectivity index (χ0) is 14.0. The number of halogens is 2. The Kier molecular flexibility index (Phi) is 4.19. The van der Waals surface area contributed by atoms with E-state index >= 15 is 0 Å². The second-order valence-corrected chi connectivity index (χ2v) is 5.38. The Bertz CT molecular complexity index is 521. The van der Waals surface area contributed by atoms with Crippen molar-refractivity contribution < 1.29 is 19.1 Å². The van der Waals surface area contributed by atoms with Gasteiger partial charge >= 0.3 is 5.97 Å². The van der Waals surface area contributed by atoms with Gasteiger partial charge in [0.2, 0.25) is 0 Å². The van der Waals surface area contributed by atoms with Crippen LogP contribution in [-0.2, 0) is 4.79 Å². The van der Waals surface area contributed by atoms with Gasteiger partial charge in [-0.3, -0.25) is 9.59 Å². The molecule has 0 radical (unpaired) electrons. The van der Waals surface area contributed by atoms with Crippen molar-refractivity contribution in [1.82, 2.24) is 4.90 Å². The standard InChI is InChI=1S/C13H13BrFNO3/c14-10-4-3-8(6-11(10)15)13(19)16-5-1-2-9(16)7-12(17)18/h3-4,6,9H,1-2,5,7H2,(H,17,18). The van der Waals surface area contributed by atoms with Crippen LogP contribution >= 0.6 is 15.9 Å². The maximum Gasteiger partial charge on any atom is 0.305 e. The highest BCUT2D eigenvalue weighted by atomic mass is 79.9. The van der Waals surface area contributed by atoms with Crippen molar-refractivity contribution in [2.45, 2.75) is 25.3 Å². The van der Waals surface area contributed by atoms with Gasteiger partial charge in [-0.25, -0.2) is 4.39 Å². The van der Waals surface area contributed by atoms with Gasteiger partial charge in [0.25, 0.3) is 5.91 Å². The lowest BCUT2D eigenvalue weighted by atomic mass is 10.1. The van der Waals surface area contributed by atoms with Crippen LogP contribution in [0.4, 0.5) is 4.39 Å². The molecule has 1 atom stereocenters. The summed E-state index contributed by atoms with van der Waals surface area (Å²) >= 11 is 3.03. The van der Waals surface area contributed by atoms with Crippen molar-refractivity contribution in [2.75, 3.05) is 6.54 Å². The van der Waals surface area contributed by atoms with Crippen LogP contribution in [0.5, 0.6) is 0 Å². The van der Waals surface area contributed by atoms with Crippen molar-refractivity contribution in [2.24, 2.45) is 0 Å². The molecule has 1 heterocycles. The van der Waals surface area contributed by atoms with E-state index in [1.807, 2.05) is 0 Å². The van der Waals surface area contributed by atoms with Crippen LogP contribution in [0.3, 0.4) is 0 Å². The van der Waals surface area contributed by atoms with E-state index in [2.05, 4.69) is 15.9 Å². The number of carboxylic acids is 1. The molecule has 0 spiro atoms. The molecule has 1 aromatic rings. The highest BCUT2D eigenvalue weighted by molar-refractivity contribution is 9.10. The minimum Gasteiger partial charge on any atom is -0.481 e. The molecule has 0 bridgehead atoms. The predicted molar refractivity (Wildman–Crippen MR) is 70.4 cm³/mol. The maximum absolute atomic E-state index is 13.4. The minimum atomic E-state index is -0.924. The summed E-state index contributed by atoms with van der Waals surface area (Å²) in [5.41, 5.74) is 0.248. The molecule has 6 heteroatoms. The highest BCUT2D eigenvalue weighted by Gasteiger charge is 2.31. The number of amides is 1. The van der Waals surface area contributed by atoms with E-state index in [0.29, 0.717) is 17.4 Å². The molecule has 102 valence electrons. The molecule has 1 aliphatic heterocycles. The number of hydrogen-bond acceptors (Lipinski definition) is 2. The quantitative estimate of drug-likeness (QED) is 0.927. The fourth-order valence-corrected chi connectivity index (χ4v) is 2.56. The molecule has 1 aliphatic rings. The summed E-state index contributed by atoms with van der Waals surface area (Å²) in [5, 5.41) is 8.82. The van der Waals surface area contributed by atoms with Gasteiger partial charge in [-0.1, -0.05) is 0 Å². The lowest BCUT2D eigenvalue weighted by Gasteiger charge is -2.23. The molecular formula is C13H13BrFNO3. The summed E-state index contributed by atoms with van der Waals surface area (Å²) in [5.74, 6) is -1.73. The number of hydrogen-bond donors (Lipinski definition) is 1. The third-order valence-electron chi connectivity index (χ3n) is 3.21. The van der Waals surface area contributed by atoms with Crippen LogP contribution < -0.4 is 0 Å². The Morgan fingerprint density at radius 1 is 1.47 bits per heavy atom. The SMILES string of the molecule is O=C(O)CC1CCCN1C(=O)c1ccc(Br)c(F)c1. The number of rotatable bonds is 3. The molecule has 0 aromatic heterocycles. The first-order chi connectivity index (χ1) is 8.99. The molecule has 1 saturated heterocycles. The van der Waals surface area contributed by atoms with E-state index in [0.717, 1.165) is 6.42 Å². The molecule has 1 fully saturated rings. The molecule has 1 unspecified atom stereocenters. The van der Waals surface area contributed by atoms with E-state index in [9.17, 15) is 14.0 Å². The van der Waals surface area contributed by atoms with Crippen molar-refractivity contribution in [3.63, 3.8) is 0 Å². The molecule has 0 saturated carbocycles. The van der Waals surface area contributed by atoms with Gasteiger partial charge in [0, 0.05) is 18.2 Å². The monoisotopic (exact) mass is 329 g/mol. The second-order valence-electron chi connectivity index (χ2n) is 4.52. The lowest BCUT2D eigenvalue weighted by Crippen LogP contribution is -2.36. The van der Waals surface area contributed by atoms with E-state index in [1.165, 1.54) is 23.1 Å². The Labute approximate surface area is 118 Å². The third kappa shape index (κ3) is 3.12. The Morgan fingerprint density at radius 3 is 2.84 bits per heavy atom. The first kappa shape index (κ1) is 14.0. The van der Waals surface area contributed by atoms with Gasteiger partial charge in [-0.15, -0.1) is 0 Å². The van der Waals surface area contributed by atoms with E-state index in [-0.39, 0.29) is 23.9 Å². The highest BCUT2D eigenvalue weighted by Crippen LogP contribution is 2.24. The summed E-state index contributed by atoms with van der Waals surface area (Å²) in [4.78, 5) is 24.5. The van der Waals surface area contributed by atoms with Gasteiger partial charge in [-0.2, -0.15) is 0 Å². The average Bonchev–Trinajstić information content (AvgIpc) is 2.79. The Morgan fingerprint density at radius 2 is 2.21 bits per heavy atom. The number of aliphatic carboxylic acids is 1. The van der Waals surface area contributed by atoms with Gasteiger partial charge in [-0.05, 0) is 47.0 Å². The lowest BCUT2D eigenvalue weighted by molar-refractivity contribution is -0.137. The maximum atomic E-state index is 13.4. The molecule has 1 N–H and O–H groups in total. The molecule has 1 aromatic carbocycles. The van der Waals surface area contributed by atoms with E-state index in [1.54, 1.807) is 0 Å². The first-order valence-corrected chi connectivity index (χ1v) is 6.76. The topological polar surface area (TPSA) is 57.6 Å². The number of carbonyl (C=O) groups is 2. The molecule has 0 aliphatic carbocycles. The van der Waals surface area contributed by atoms with Gasteiger partial charge < -0.3 is 10.0 Å². The molecule has 19 heavy (non-hydrogen) atoms. The summed E-state index contributed by atoms with van der Waals surface area (Å²) < 4.78 is 13.7. The third-order valence-corrected chi connectivity index (χ3v) is 3.86. The van der Waals surface area contributed by atoms with Crippen LogP contribution in [0, 0.1) is 5.82 Å². The number of likely N-dealkylation sites (tertiary alicyclic amines) is 1. The molecule has 2 rings (SSSR count). The van der Waals surface area contributed by atoms with Crippen molar-refractivity contribution >= 4 is 27.8 Å². The second kappa shape index (κ2) is 5.69. The smallest absolute Gasteiger partial charge is 0.305 e. The minimum absolute atomic E-state index is 0.0647. The normalized spacial score (nSPS) is 18.6. The number of carboxylic acid groups (broad SMARTS) is 1. The zero-order valence-corrected chi connectivity index (χ0v) is 11.7. The predicted octanol–water partition coefficient (Wildman–Crippen LogP) is 2.67. The van der Waals surface area contributed by atoms with Crippen LogP contribution in [0.1, 0.15) is 29.6 Å². The molecule has 4 nitrogen and oxygen atoms in total. The summed E-state index contributed by atoms with van der Waals surface area (Å²) in [6, 6.07) is 3.88. The van der Waals surface area contributed by atoms with Crippen molar-refractivity contribution in [3.8, 4) is 0 Å². The van der Waals surface area contributed by atoms with E-state index < -0.39 is 11.8 Å². The van der Waals surface area contributed by atoms with Gasteiger partial charge in [0.15, 0.2) is 0 Å². The number of benzene rings is 1. The van der Waals surface area contributed by atoms with Gasteiger partial charge in [0.05, 0.1) is 10.9 Å².